The minimum absolute atomic E-state index is 0.891. The number of allylic oxidation sites excluding steroid dienone is 5. The molecule has 0 saturated heterocycles. The molecule has 0 spiro atoms. The molecule has 0 atom stereocenters. The van der Waals surface area contributed by atoms with Gasteiger partial charge in [0.25, 0.3) is 0 Å². The number of benzene rings is 8. The first-order valence-corrected chi connectivity index (χ1v) is 16.7. The molecule has 0 bridgehead atoms. The van der Waals surface area contributed by atoms with Crippen molar-refractivity contribution in [2.75, 3.05) is 16.8 Å². The highest BCUT2D eigenvalue weighted by atomic mass is 15.2. The van der Waals surface area contributed by atoms with E-state index in [1.165, 1.54) is 59.9 Å². The van der Waals surface area contributed by atoms with Crippen LogP contribution >= 0.6 is 0 Å². The maximum atomic E-state index is 2.36. The van der Waals surface area contributed by atoms with E-state index in [4.69, 9.17) is 0 Å². The van der Waals surface area contributed by atoms with Crippen LogP contribution in [0.15, 0.2) is 182 Å². The zero-order valence-corrected chi connectivity index (χ0v) is 26.8. The molecule has 0 N–H and O–H groups in total. The summed E-state index contributed by atoms with van der Waals surface area (Å²) < 4.78 is 0. The number of hydrogen-bond donors (Lipinski definition) is 0. The van der Waals surface area contributed by atoms with E-state index in [0.29, 0.717) is 0 Å². The van der Waals surface area contributed by atoms with Gasteiger partial charge in [-0.2, -0.15) is 0 Å². The highest BCUT2D eigenvalue weighted by molar-refractivity contribution is 6.34. The number of nitrogens with zero attached hydrogens (tertiary/aromatic N) is 2. The van der Waals surface area contributed by atoms with E-state index in [1.54, 1.807) is 0 Å². The molecule has 2 nitrogen and oxygen atoms in total. The first-order valence-electron chi connectivity index (χ1n) is 16.7. The van der Waals surface area contributed by atoms with Gasteiger partial charge in [0, 0.05) is 40.9 Å². The van der Waals surface area contributed by atoms with Crippen LogP contribution < -0.4 is 9.80 Å². The third-order valence-electron chi connectivity index (χ3n) is 9.81. The van der Waals surface area contributed by atoms with E-state index < -0.39 is 0 Å². The van der Waals surface area contributed by atoms with E-state index in [1.807, 2.05) is 0 Å². The monoisotopic (exact) mass is 614 g/mol. The molecule has 0 unspecified atom stereocenters. The van der Waals surface area contributed by atoms with Crippen LogP contribution in [0, 0.1) is 0 Å². The predicted molar refractivity (Wildman–Crippen MR) is 207 cm³/mol. The van der Waals surface area contributed by atoms with Crippen molar-refractivity contribution in [1.29, 1.82) is 0 Å². The third kappa shape index (κ3) is 4.65. The lowest BCUT2D eigenvalue weighted by atomic mass is 9.89. The lowest BCUT2D eigenvalue weighted by Crippen LogP contribution is -2.16. The minimum Gasteiger partial charge on any atom is -0.344 e. The van der Waals surface area contributed by atoms with Gasteiger partial charge in [0.05, 0.1) is 0 Å². The molecule has 0 amide bonds. The van der Waals surface area contributed by atoms with Crippen LogP contribution in [0.5, 0.6) is 0 Å². The average Bonchev–Trinajstić information content (AvgIpc) is 3.44. The molecule has 0 aliphatic heterocycles. The van der Waals surface area contributed by atoms with Gasteiger partial charge in [-0.25, -0.2) is 0 Å². The Morgan fingerprint density at radius 3 is 1.92 bits per heavy atom. The molecular formula is C46H34N2. The summed E-state index contributed by atoms with van der Waals surface area (Å²) in [6, 6.07) is 53.1. The fraction of sp³-hybridized carbons (Fsp3) is 0.0435. The van der Waals surface area contributed by atoms with E-state index in [2.05, 4.69) is 193 Å². The van der Waals surface area contributed by atoms with Crippen molar-refractivity contribution >= 4 is 65.8 Å². The summed E-state index contributed by atoms with van der Waals surface area (Å²) in [7, 11) is 2.18. The first-order chi connectivity index (χ1) is 23.7. The van der Waals surface area contributed by atoms with Crippen LogP contribution in [0.2, 0.25) is 0 Å². The molecule has 228 valence electrons. The number of hydrogen-bond acceptors (Lipinski definition) is 2. The summed E-state index contributed by atoms with van der Waals surface area (Å²) >= 11 is 0. The van der Waals surface area contributed by atoms with Crippen LogP contribution in [-0.2, 0) is 0 Å². The zero-order valence-electron chi connectivity index (χ0n) is 26.8. The standard InChI is InChI=1S/C46H34N2/c1-47(44-30-29-42-40-22-11-16-33-15-10-21-39(45(33)40)41-23-12-24-43(44)46(41)42)35-25-27-37(28-26-35)48(36-18-7-2-3-8-19-36)38-20-9-17-34(31-38)32-13-5-4-6-14-32/h2-7,9-31H,8H2,1H3. The summed E-state index contributed by atoms with van der Waals surface area (Å²) in [5.74, 6) is 0. The Morgan fingerprint density at radius 1 is 0.479 bits per heavy atom. The molecule has 0 heterocycles. The van der Waals surface area contributed by atoms with Crippen LogP contribution in [0.25, 0.3) is 54.2 Å². The average molecular weight is 615 g/mol. The third-order valence-corrected chi connectivity index (χ3v) is 9.81. The smallest absolute Gasteiger partial charge is 0.0488 e. The molecule has 48 heavy (non-hydrogen) atoms. The van der Waals surface area contributed by atoms with E-state index in [-0.39, 0.29) is 0 Å². The van der Waals surface area contributed by atoms with E-state index in [9.17, 15) is 0 Å². The van der Waals surface area contributed by atoms with Crippen LogP contribution in [0.3, 0.4) is 0 Å². The minimum atomic E-state index is 0.891. The highest BCUT2D eigenvalue weighted by Gasteiger charge is 2.18. The molecule has 8 aromatic carbocycles. The van der Waals surface area contributed by atoms with Crippen LogP contribution in [0.1, 0.15) is 6.42 Å². The molecule has 1 aliphatic rings. The van der Waals surface area contributed by atoms with Gasteiger partial charge in [-0.05, 0) is 104 Å². The Bertz CT molecular complexity index is 2490. The first kappa shape index (κ1) is 28.1. The van der Waals surface area contributed by atoms with Crippen molar-refractivity contribution < 1.29 is 0 Å². The van der Waals surface area contributed by atoms with Crippen molar-refractivity contribution in [2.24, 2.45) is 0 Å². The predicted octanol–water partition coefficient (Wildman–Crippen LogP) is 12.7. The Morgan fingerprint density at radius 2 is 1.12 bits per heavy atom. The SMILES string of the molecule is CN(c1ccc(N(C2=CCC=CC=C2)c2cccc(-c3ccccc3)c2)cc1)c1ccc2c3cccc4cccc(c5cccc1c52)c43. The number of fused-ring (bicyclic) bond motifs is 2. The highest BCUT2D eigenvalue weighted by Crippen LogP contribution is 2.44. The lowest BCUT2D eigenvalue weighted by molar-refractivity contribution is 1.17. The molecule has 2 heteroatoms. The van der Waals surface area contributed by atoms with Crippen LogP contribution in [0.4, 0.5) is 22.7 Å². The van der Waals surface area contributed by atoms with Crippen molar-refractivity contribution in [3.63, 3.8) is 0 Å². The Hall–Kier alpha value is -6.12. The number of rotatable bonds is 6. The zero-order chi connectivity index (χ0) is 32.0. The van der Waals surface area contributed by atoms with Gasteiger partial charge in [0.15, 0.2) is 0 Å². The summed E-state index contributed by atoms with van der Waals surface area (Å²) in [4.78, 5) is 4.68. The number of anilines is 4. The van der Waals surface area contributed by atoms with Crippen molar-refractivity contribution in [1.82, 2.24) is 0 Å². The van der Waals surface area contributed by atoms with Crippen molar-refractivity contribution in [2.45, 2.75) is 6.42 Å². The fourth-order valence-corrected chi connectivity index (χ4v) is 7.52. The molecule has 9 rings (SSSR count). The molecule has 8 aromatic rings. The summed E-state index contributed by atoms with van der Waals surface area (Å²) in [6.07, 6.45) is 11.8. The van der Waals surface area contributed by atoms with Gasteiger partial charge in [0.1, 0.15) is 0 Å². The normalized spacial score (nSPS) is 13.0. The second kappa shape index (κ2) is 11.6. The second-order valence-corrected chi connectivity index (χ2v) is 12.5. The summed E-state index contributed by atoms with van der Waals surface area (Å²) in [5, 5.41) is 10.5. The van der Waals surface area contributed by atoms with Gasteiger partial charge >= 0.3 is 0 Å². The lowest BCUT2D eigenvalue weighted by Gasteiger charge is -2.28. The van der Waals surface area contributed by atoms with Crippen molar-refractivity contribution in [3.8, 4) is 11.1 Å². The van der Waals surface area contributed by atoms with E-state index in [0.717, 1.165) is 29.2 Å². The van der Waals surface area contributed by atoms with Gasteiger partial charge in [0.2, 0.25) is 0 Å². The molecular weight excluding hydrogens is 581 g/mol. The molecule has 0 saturated carbocycles. The summed E-state index contributed by atoms with van der Waals surface area (Å²) in [5.41, 5.74) is 8.17. The summed E-state index contributed by atoms with van der Waals surface area (Å²) in [6.45, 7) is 0. The maximum absolute atomic E-state index is 2.36. The largest absolute Gasteiger partial charge is 0.344 e. The second-order valence-electron chi connectivity index (χ2n) is 12.5. The molecule has 0 radical (unpaired) electrons. The topological polar surface area (TPSA) is 6.48 Å². The van der Waals surface area contributed by atoms with Gasteiger partial charge in [-0.1, -0.05) is 127 Å². The van der Waals surface area contributed by atoms with Gasteiger partial charge in [-0.3, -0.25) is 0 Å². The Labute approximate surface area is 281 Å². The molecule has 0 fully saturated rings. The quantitative estimate of drug-likeness (QED) is 0.136. The molecule has 0 aromatic heterocycles. The van der Waals surface area contributed by atoms with Gasteiger partial charge in [-0.15, -0.1) is 0 Å². The Balaban J connectivity index is 1.13. The van der Waals surface area contributed by atoms with Gasteiger partial charge < -0.3 is 9.80 Å². The fourth-order valence-electron chi connectivity index (χ4n) is 7.52. The van der Waals surface area contributed by atoms with Crippen molar-refractivity contribution in [3.05, 3.63) is 182 Å². The molecule has 1 aliphatic carbocycles. The van der Waals surface area contributed by atoms with E-state index >= 15 is 0 Å². The van der Waals surface area contributed by atoms with Crippen LogP contribution in [-0.4, -0.2) is 7.05 Å². The maximum Gasteiger partial charge on any atom is 0.0488 e. The Kier molecular flexibility index (Phi) is 6.80.